The van der Waals surface area contributed by atoms with Gasteiger partial charge < -0.3 is 15.8 Å². The maximum Gasteiger partial charge on any atom is 0.144 e. The highest BCUT2D eigenvalue weighted by Crippen LogP contribution is 2.29. The zero-order chi connectivity index (χ0) is 13.0. The van der Waals surface area contributed by atoms with Crippen LogP contribution in [0.2, 0.25) is 0 Å². The van der Waals surface area contributed by atoms with Crippen LogP contribution in [0.25, 0.3) is 0 Å². The molecule has 0 bridgehead atoms. The van der Waals surface area contributed by atoms with Gasteiger partial charge in [0.05, 0.1) is 30.2 Å². The topological polar surface area (TPSA) is 65.1 Å². The summed E-state index contributed by atoms with van der Waals surface area (Å²) < 4.78 is 7.28. The van der Waals surface area contributed by atoms with Crippen molar-refractivity contribution >= 4 is 11.4 Å². The van der Waals surface area contributed by atoms with E-state index in [1.54, 1.807) is 6.20 Å². The van der Waals surface area contributed by atoms with Gasteiger partial charge >= 0.3 is 0 Å². The van der Waals surface area contributed by atoms with Gasteiger partial charge in [-0.1, -0.05) is 6.07 Å². The molecule has 0 saturated heterocycles. The van der Waals surface area contributed by atoms with Crippen molar-refractivity contribution in [1.82, 2.24) is 9.78 Å². The average molecular weight is 246 g/mol. The van der Waals surface area contributed by atoms with Gasteiger partial charge in [-0.15, -0.1) is 0 Å². The normalized spacial score (nSPS) is 10.3. The van der Waals surface area contributed by atoms with Gasteiger partial charge in [0.2, 0.25) is 0 Å². The number of aryl methyl sites for hydroxylation is 1. The standard InChI is InChI=1S/C13H18N4O/c1-3-18-12-6-4-5-11(13(12)14)15-9-10-7-8-16-17(10)2/h4-8,15H,3,9,14H2,1-2H3. The molecule has 0 saturated carbocycles. The van der Waals surface area contributed by atoms with Gasteiger partial charge in [-0.25, -0.2) is 0 Å². The van der Waals surface area contributed by atoms with E-state index in [1.165, 1.54) is 0 Å². The number of benzene rings is 1. The molecule has 2 rings (SSSR count). The van der Waals surface area contributed by atoms with Gasteiger partial charge in [-0.2, -0.15) is 5.10 Å². The zero-order valence-corrected chi connectivity index (χ0v) is 10.7. The molecule has 5 nitrogen and oxygen atoms in total. The number of nitrogen functional groups attached to an aromatic ring is 1. The molecule has 0 amide bonds. The predicted octanol–water partition coefficient (Wildman–Crippen LogP) is 2.01. The summed E-state index contributed by atoms with van der Waals surface area (Å²) in [4.78, 5) is 0. The molecule has 1 aromatic heterocycles. The van der Waals surface area contributed by atoms with E-state index in [0.717, 1.165) is 11.4 Å². The summed E-state index contributed by atoms with van der Waals surface area (Å²) in [6.07, 6.45) is 1.77. The van der Waals surface area contributed by atoms with E-state index in [2.05, 4.69) is 10.4 Å². The number of rotatable bonds is 5. The number of anilines is 2. The summed E-state index contributed by atoms with van der Waals surface area (Å²) in [7, 11) is 1.91. The molecule has 0 atom stereocenters. The second-order valence-electron chi connectivity index (χ2n) is 3.95. The van der Waals surface area contributed by atoms with Crippen LogP contribution in [-0.4, -0.2) is 16.4 Å². The van der Waals surface area contributed by atoms with E-state index in [4.69, 9.17) is 10.5 Å². The Hall–Kier alpha value is -2.17. The monoisotopic (exact) mass is 246 g/mol. The Morgan fingerprint density at radius 1 is 1.39 bits per heavy atom. The fraction of sp³-hybridized carbons (Fsp3) is 0.308. The van der Waals surface area contributed by atoms with Crippen LogP contribution < -0.4 is 15.8 Å². The molecule has 0 aliphatic rings. The first-order chi connectivity index (χ1) is 8.72. The maximum atomic E-state index is 6.04. The van der Waals surface area contributed by atoms with Crippen molar-refractivity contribution in [3.63, 3.8) is 0 Å². The Kier molecular flexibility index (Phi) is 3.72. The second-order valence-corrected chi connectivity index (χ2v) is 3.95. The van der Waals surface area contributed by atoms with Crippen molar-refractivity contribution < 1.29 is 4.74 Å². The SMILES string of the molecule is CCOc1cccc(NCc2ccnn2C)c1N. The number of nitrogens with one attached hydrogen (secondary N) is 1. The summed E-state index contributed by atoms with van der Waals surface area (Å²) >= 11 is 0. The molecule has 3 N–H and O–H groups in total. The van der Waals surface area contributed by atoms with Crippen LogP contribution in [0.1, 0.15) is 12.6 Å². The number of hydrogen-bond donors (Lipinski definition) is 2. The van der Waals surface area contributed by atoms with Crippen LogP contribution in [0.3, 0.4) is 0 Å². The average Bonchev–Trinajstić information content (AvgIpc) is 2.76. The highest BCUT2D eigenvalue weighted by molar-refractivity contribution is 5.72. The highest BCUT2D eigenvalue weighted by Gasteiger charge is 2.06. The fourth-order valence-corrected chi connectivity index (χ4v) is 1.74. The molecule has 0 unspecified atom stereocenters. The van der Waals surface area contributed by atoms with Crippen LogP contribution in [0.15, 0.2) is 30.5 Å². The number of ether oxygens (including phenoxy) is 1. The number of nitrogens with zero attached hydrogens (tertiary/aromatic N) is 2. The molecule has 0 aliphatic heterocycles. The predicted molar refractivity (Wildman–Crippen MR) is 72.6 cm³/mol. The molecule has 0 spiro atoms. The number of para-hydroxylation sites is 1. The van der Waals surface area contributed by atoms with Crippen molar-refractivity contribution in [2.75, 3.05) is 17.7 Å². The molecule has 1 heterocycles. The van der Waals surface area contributed by atoms with Gasteiger partial charge in [0.1, 0.15) is 5.75 Å². The van der Waals surface area contributed by atoms with Crippen LogP contribution in [0, 0.1) is 0 Å². The molecule has 18 heavy (non-hydrogen) atoms. The Morgan fingerprint density at radius 3 is 2.89 bits per heavy atom. The van der Waals surface area contributed by atoms with E-state index in [-0.39, 0.29) is 0 Å². The van der Waals surface area contributed by atoms with Gasteiger partial charge in [0.15, 0.2) is 0 Å². The van der Waals surface area contributed by atoms with Gasteiger partial charge in [-0.3, -0.25) is 4.68 Å². The zero-order valence-electron chi connectivity index (χ0n) is 10.7. The smallest absolute Gasteiger partial charge is 0.144 e. The fourth-order valence-electron chi connectivity index (χ4n) is 1.74. The minimum absolute atomic E-state index is 0.607. The quantitative estimate of drug-likeness (QED) is 0.792. The summed E-state index contributed by atoms with van der Waals surface area (Å²) in [5.74, 6) is 0.715. The van der Waals surface area contributed by atoms with Crippen LogP contribution in [-0.2, 0) is 13.6 Å². The molecule has 0 fully saturated rings. The minimum atomic E-state index is 0.607. The summed E-state index contributed by atoms with van der Waals surface area (Å²) in [5, 5.41) is 7.41. The molecule has 96 valence electrons. The van der Waals surface area contributed by atoms with Crippen molar-refractivity contribution in [3.8, 4) is 5.75 Å². The van der Waals surface area contributed by atoms with Crippen LogP contribution >= 0.6 is 0 Å². The van der Waals surface area contributed by atoms with Gasteiger partial charge in [0.25, 0.3) is 0 Å². The van der Waals surface area contributed by atoms with Crippen LogP contribution in [0.5, 0.6) is 5.75 Å². The molecular weight excluding hydrogens is 228 g/mol. The summed E-state index contributed by atoms with van der Waals surface area (Å²) in [6.45, 7) is 3.22. The van der Waals surface area contributed by atoms with Crippen molar-refractivity contribution in [2.24, 2.45) is 7.05 Å². The van der Waals surface area contributed by atoms with Crippen molar-refractivity contribution in [3.05, 3.63) is 36.2 Å². The maximum absolute atomic E-state index is 6.04. The Labute approximate surface area is 107 Å². The highest BCUT2D eigenvalue weighted by atomic mass is 16.5. The molecule has 2 aromatic rings. The number of hydrogen-bond acceptors (Lipinski definition) is 4. The van der Waals surface area contributed by atoms with E-state index >= 15 is 0 Å². The molecule has 0 aliphatic carbocycles. The first kappa shape index (κ1) is 12.3. The lowest BCUT2D eigenvalue weighted by atomic mass is 10.2. The first-order valence-corrected chi connectivity index (χ1v) is 5.94. The van der Waals surface area contributed by atoms with E-state index in [1.807, 2.05) is 42.9 Å². The lowest BCUT2D eigenvalue weighted by molar-refractivity contribution is 0.342. The Balaban J connectivity index is 2.10. The minimum Gasteiger partial charge on any atom is -0.492 e. The van der Waals surface area contributed by atoms with Crippen LogP contribution in [0.4, 0.5) is 11.4 Å². The van der Waals surface area contributed by atoms with E-state index < -0.39 is 0 Å². The first-order valence-electron chi connectivity index (χ1n) is 5.94. The van der Waals surface area contributed by atoms with Gasteiger partial charge in [-0.05, 0) is 25.1 Å². The Morgan fingerprint density at radius 2 is 2.22 bits per heavy atom. The summed E-state index contributed by atoms with van der Waals surface area (Å²) in [6, 6.07) is 7.70. The molecule has 0 radical (unpaired) electrons. The van der Waals surface area contributed by atoms with E-state index in [0.29, 0.717) is 24.6 Å². The van der Waals surface area contributed by atoms with Crippen molar-refractivity contribution in [2.45, 2.75) is 13.5 Å². The molecule has 1 aromatic carbocycles. The largest absolute Gasteiger partial charge is 0.492 e. The number of aromatic nitrogens is 2. The van der Waals surface area contributed by atoms with E-state index in [9.17, 15) is 0 Å². The third-order valence-corrected chi connectivity index (χ3v) is 2.75. The number of nitrogens with two attached hydrogens (primary N) is 1. The van der Waals surface area contributed by atoms with Crippen molar-refractivity contribution in [1.29, 1.82) is 0 Å². The summed E-state index contributed by atoms with van der Waals surface area (Å²) in [5.41, 5.74) is 8.65. The second kappa shape index (κ2) is 5.44. The van der Waals surface area contributed by atoms with Gasteiger partial charge in [0, 0.05) is 13.2 Å². The third kappa shape index (κ3) is 2.56. The molecular formula is C13H18N4O. The third-order valence-electron chi connectivity index (χ3n) is 2.75. The Bertz CT molecular complexity index is 521. The molecule has 5 heteroatoms. The lowest BCUT2D eigenvalue weighted by Crippen LogP contribution is -2.07. The lowest BCUT2D eigenvalue weighted by Gasteiger charge is -2.13.